The Morgan fingerprint density at radius 3 is 2.39 bits per heavy atom. The van der Waals surface area contributed by atoms with E-state index in [4.69, 9.17) is 0 Å². The predicted molar refractivity (Wildman–Crippen MR) is 113 cm³/mol. The molecular weight excluding hydrogens is 346 g/mol. The molecule has 4 heteroatoms. The number of hydrogen-bond donors (Lipinski definition) is 1. The fourth-order valence-electron chi connectivity index (χ4n) is 4.20. The van der Waals surface area contributed by atoms with Gasteiger partial charge in [0.25, 0.3) is 5.91 Å². The molecule has 4 aromatic rings. The SMILES string of the molecule is O=C(c1c[nH]c2ccccc12)N1CCN(Cc2cccc3ccccc23)CC1. The molecule has 0 radical (unpaired) electrons. The van der Waals surface area contributed by atoms with Crippen molar-refractivity contribution in [1.82, 2.24) is 14.8 Å². The van der Waals surface area contributed by atoms with Gasteiger partial charge in [0.15, 0.2) is 0 Å². The number of H-pyrrole nitrogens is 1. The molecule has 140 valence electrons. The van der Waals surface area contributed by atoms with Crippen LogP contribution in [-0.4, -0.2) is 46.9 Å². The van der Waals surface area contributed by atoms with E-state index in [0.29, 0.717) is 0 Å². The highest BCUT2D eigenvalue weighted by molar-refractivity contribution is 6.06. The van der Waals surface area contributed by atoms with Crippen molar-refractivity contribution in [3.8, 4) is 0 Å². The summed E-state index contributed by atoms with van der Waals surface area (Å²) in [6.45, 7) is 4.26. The smallest absolute Gasteiger partial charge is 0.256 e. The number of piperazine rings is 1. The maximum Gasteiger partial charge on any atom is 0.256 e. The van der Waals surface area contributed by atoms with Crippen molar-refractivity contribution in [3.63, 3.8) is 0 Å². The summed E-state index contributed by atoms with van der Waals surface area (Å²) < 4.78 is 0. The van der Waals surface area contributed by atoms with Gasteiger partial charge in [0.05, 0.1) is 5.56 Å². The molecule has 1 aliphatic rings. The Hall–Kier alpha value is -3.11. The third kappa shape index (κ3) is 3.06. The number of benzene rings is 3. The number of para-hydroxylation sites is 1. The standard InChI is InChI=1S/C24H23N3O/c28-24(22-16-25-23-11-4-3-10-21(22)23)27-14-12-26(13-15-27)17-19-8-5-7-18-6-1-2-9-20(18)19/h1-11,16,25H,12-15,17H2. The van der Waals surface area contributed by atoms with Gasteiger partial charge in [-0.15, -0.1) is 0 Å². The van der Waals surface area contributed by atoms with Crippen molar-refractivity contribution in [3.05, 3.63) is 84.1 Å². The fraction of sp³-hybridized carbons (Fsp3) is 0.208. The second-order valence-corrected chi connectivity index (χ2v) is 7.45. The monoisotopic (exact) mass is 369 g/mol. The van der Waals surface area contributed by atoms with Crippen LogP contribution in [0.3, 0.4) is 0 Å². The first-order valence-corrected chi connectivity index (χ1v) is 9.84. The number of carbonyl (C=O) groups excluding carboxylic acids is 1. The van der Waals surface area contributed by atoms with Crippen LogP contribution in [0.1, 0.15) is 15.9 Å². The Labute approximate surface area is 164 Å². The second kappa shape index (κ2) is 7.13. The minimum atomic E-state index is 0.127. The molecule has 1 fully saturated rings. The molecule has 0 atom stereocenters. The van der Waals surface area contributed by atoms with Gasteiger partial charge < -0.3 is 9.88 Å². The summed E-state index contributed by atoms with van der Waals surface area (Å²) in [6.07, 6.45) is 1.84. The lowest BCUT2D eigenvalue weighted by Crippen LogP contribution is -2.48. The first-order valence-electron chi connectivity index (χ1n) is 9.84. The number of aromatic nitrogens is 1. The van der Waals surface area contributed by atoms with E-state index >= 15 is 0 Å². The van der Waals surface area contributed by atoms with Gasteiger partial charge in [0.2, 0.25) is 0 Å². The first-order chi connectivity index (χ1) is 13.8. The summed E-state index contributed by atoms with van der Waals surface area (Å²) in [6, 6.07) is 23.0. The quantitative estimate of drug-likeness (QED) is 0.585. The van der Waals surface area contributed by atoms with E-state index < -0.39 is 0 Å². The average molecular weight is 369 g/mol. The van der Waals surface area contributed by atoms with Crippen molar-refractivity contribution < 1.29 is 4.79 Å². The molecular formula is C24H23N3O. The van der Waals surface area contributed by atoms with Gasteiger partial charge >= 0.3 is 0 Å². The number of hydrogen-bond acceptors (Lipinski definition) is 2. The molecule has 1 aromatic heterocycles. The molecule has 3 aromatic carbocycles. The number of nitrogens with one attached hydrogen (secondary N) is 1. The molecule has 0 bridgehead atoms. The van der Waals surface area contributed by atoms with Gasteiger partial charge in [-0.25, -0.2) is 0 Å². The van der Waals surface area contributed by atoms with Gasteiger partial charge in [0, 0.05) is 49.8 Å². The van der Waals surface area contributed by atoms with E-state index in [9.17, 15) is 4.79 Å². The Bertz CT molecular complexity index is 1130. The molecule has 1 amide bonds. The average Bonchev–Trinajstić information content (AvgIpc) is 3.18. The Balaban J connectivity index is 1.28. The highest BCUT2D eigenvalue weighted by Crippen LogP contribution is 2.22. The molecule has 2 heterocycles. The lowest BCUT2D eigenvalue weighted by molar-refractivity contribution is 0.0631. The summed E-state index contributed by atoms with van der Waals surface area (Å²) in [5, 5.41) is 3.61. The normalized spacial score (nSPS) is 15.4. The molecule has 0 aliphatic carbocycles. The maximum atomic E-state index is 13.0. The molecule has 5 rings (SSSR count). The number of amides is 1. The highest BCUT2D eigenvalue weighted by atomic mass is 16.2. The van der Waals surface area contributed by atoms with Crippen molar-refractivity contribution in [1.29, 1.82) is 0 Å². The zero-order valence-corrected chi connectivity index (χ0v) is 15.8. The number of rotatable bonds is 3. The largest absolute Gasteiger partial charge is 0.360 e. The molecule has 1 saturated heterocycles. The molecule has 1 N–H and O–H groups in total. The lowest BCUT2D eigenvalue weighted by Gasteiger charge is -2.35. The fourth-order valence-corrected chi connectivity index (χ4v) is 4.20. The highest BCUT2D eigenvalue weighted by Gasteiger charge is 2.24. The number of nitrogens with zero attached hydrogens (tertiary/aromatic N) is 2. The Kier molecular flexibility index (Phi) is 4.34. The molecule has 1 aliphatic heterocycles. The van der Waals surface area contributed by atoms with Crippen LogP contribution in [0.25, 0.3) is 21.7 Å². The number of fused-ring (bicyclic) bond motifs is 2. The minimum absolute atomic E-state index is 0.127. The summed E-state index contributed by atoms with van der Waals surface area (Å²) >= 11 is 0. The third-order valence-corrected chi connectivity index (χ3v) is 5.75. The van der Waals surface area contributed by atoms with Crippen molar-refractivity contribution >= 4 is 27.6 Å². The Morgan fingerprint density at radius 2 is 1.54 bits per heavy atom. The van der Waals surface area contributed by atoms with Crippen molar-refractivity contribution in [2.75, 3.05) is 26.2 Å². The second-order valence-electron chi connectivity index (χ2n) is 7.45. The zero-order chi connectivity index (χ0) is 18.9. The molecule has 28 heavy (non-hydrogen) atoms. The van der Waals surface area contributed by atoms with E-state index in [1.807, 2.05) is 35.4 Å². The summed E-state index contributed by atoms with van der Waals surface area (Å²) in [5.74, 6) is 0.127. The van der Waals surface area contributed by atoms with Crippen LogP contribution in [0.15, 0.2) is 72.9 Å². The summed E-state index contributed by atoms with van der Waals surface area (Å²) in [7, 11) is 0. The lowest BCUT2D eigenvalue weighted by atomic mass is 10.0. The van der Waals surface area contributed by atoms with Crippen LogP contribution < -0.4 is 0 Å². The van der Waals surface area contributed by atoms with Gasteiger partial charge in [-0.2, -0.15) is 0 Å². The van der Waals surface area contributed by atoms with Crippen LogP contribution in [-0.2, 0) is 6.54 Å². The molecule has 0 spiro atoms. The zero-order valence-electron chi connectivity index (χ0n) is 15.8. The van der Waals surface area contributed by atoms with Crippen LogP contribution in [0.2, 0.25) is 0 Å². The van der Waals surface area contributed by atoms with Crippen LogP contribution >= 0.6 is 0 Å². The van der Waals surface area contributed by atoms with Crippen molar-refractivity contribution in [2.24, 2.45) is 0 Å². The van der Waals surface area contributed by atoms with E-state index in [1.54, 1.807) is 0 Å². The molecule has 0 unspecified atom stereocenters. The van der Waals surface area contributed by atoms with E-state index in [0.717, 1.165) is 49.2 Å². The third-order valence-electron chi connectivity index (χ3n) is 5.75. The first kappa shape index (κ1) is 17.0. The van der Waals surface area contributed by atoms with Gasteiger partial charge in [-0.3, -0.25) is 9.69 Å². The predicted octanol–water partition coefficient (Wildman–Crippen LogP) is 4.28. The van der Waals surface area contributed by atoms with Crippen LogP contribution in [0.4, 0.5) is 0 Å². The summed E-state index contributed by atoms with van der Waals surface area (Å²) in [5.41, 5.74) is 3.15. The Morgan fingerprint density at radius 1 is 0.821 bits per heavy atom. The van der Waals surface area contributed by atoms with E-state index in [-0.39, 0.29) is 5.91 Å². The van der Waals surface area contributed by atoms with Gasteiger partial charge in [0.1, 0.15) is 0 Å². The van der Waals surface area contributed by atoms with Crippen molar-refractivity contribution in [2.45, 2.75) is 6.54 Å². The topological polar surface area (TPSA) is 39.3 Å². The van der Waals surface area contributed by atoms with E-state index in [1.165, 1.54) is 16.3 Å². The maximum absolute atomic E-state index is 13.0. The summed E-state index contributed by atoms with van der Waals surface area (Å²) in [4.78, 5) is 20.6. The van der Waals surface area contributed by atoms with Crippen LogP contribution in [0.5, 0.6) is 0 Å². The molecule has 0 saturated carbocycles. The minimum Gasteiger partial charge on any atom is -0.360 e. The molecule has 4 nitrogen and oxygen atoms in total. The van der Waals surface area contributed by atoms with E-state index in [2.05, 4.69) is 52.3 Å². The van der Waals surface area contributed by atoms with Crippen LogP contribution in [0, 0.1) is 0 Å². The van der Waals surface area contributed by atoms with Gasteiger partial charge in [-0.05, 0) is 22.4 Å². The number of aromatic amines is 1. The number of carbonyl (C=O) groups is 1. The van der Waals surface area contributed by atoms with Gasteiger partial charge in [-0.1, -0.05) is 60.7 Å².